The van der Waals surface area contributed by atoms with Crippen molar-refractivity contribution in [3.63, 3.8) is 0 Å². The molecule has 3 heteroatoms. The first kappa shape index (κ1) is 12.6. The fourth-order valence-corrected chi connectivity index (χ4v) is 1.76. The molecule has 0 aliphatic heterocycles. The summed E-state index contributed by atoms with van der Waals surface area (Å²) in [5, 5.41) is 0. The molecule has 2 aromatic rings. The van der Waals surface area contributed by atoms with Gasteiger partial charge in [0, 0.05) is 24.0 Å². The van der Waals surface area contributed by atoms with E-state index in [4.69, 9.17) is 10.5 Å². The number of nitrogens with two attached hydrogens (primary N) is 1. The monoisotopic (exact) mass is 242 g/mol. The predicted octanol–water partition coefficient (Wildman–Crippen LogP) is 2.99. The van der Waals surface area contributed by atoms with Gasteiger partial charge in [0.2, 0.25) is 0 Å². The lowest BCUT2D eigenvalue weighted by molar-refractivity contribution is 0.303. The molecule has 0 bridgehead atoms. The van der Waals surface area contributed by atoms with Gasteiger partial charge < -0.3 is 10.5 Å². The number of benzene rings is 1. The van der Waals surface area contributed by atoms with Crippen molar-refractivity contribution >= 4 is 0 Å². The van der Waals surface area contributed by atoms with Crippen molar-refractivity contribution < 1.29 is 4.74 Å². The van der Waals surface area contributed by atoms with Crippen LogP contribution in [0.1, 0.15) is 29.7 Å². The fourth-order valence-electron chi connectivity index (χ4n) is 1.76. The SMILES string of the molecule is Cc1cc([C@H](C)N)ccc1OCc1cccnc1. The Bertz CT molecular complexity index is 509. The van der Waals surface area contributed by atoms with Crippen LogP contribution in [0, 0.1) is 6.92 Å². The number of rotatable bonds is 4. The highest BCUT2D eigenvalue weighted by atomic mass is 16.5. The minimum Gasteiger partial charge on any atom is -0.489 e. The second-order valence-electron chi connectivity index (χ2n) is 4.46. The third kappa shape index (κ3) is 3.08. The molecule has 0 saturated heterocycles. The zero-order valence-corrected chi connectivity index (χ0v) is 10.8. The molecule has 0 aliphatic rings. The predicted molar refractivity (Wildman–Crippen MR) is 72.4 cm³/mol. The minimum absolute atomic E-state index is 0.0519. The van der Waals surface area contributed by atoms with E-state index in [1.807, 2.05) is 44.3 Å². The van der Waals surface area contributed by atoms with Gasteiger partial charge in [-0.1, -0.05) is 18.2 Å². The van der Waals surface area contributed by atoms with Gasteiger partial charge in [0.05, 0.1) is 0 Å². The highest BCUT2D eigenvalue weighted by Crippen LogP contribution is 2.22. The Balaban J connectivity index is 2.06. The number of hydrogen-bond donors (Lipinski definition) is 1. The third-order valence-corrected chi connectivity index (χ3v) is 2.84. The molecule has 0 aliphatic carbocycles. The van der Waals surface area contributed by atoms with Crippen LogP contribution in [-0.4, -0.2) is 4.98 Å². The van der Waals surface area contributed by atoms with Crippen LogP contribution in [0.15, 0.2) is 42.7 Å². The Morgan fingerprint density at radius 2 is 2.17 bits per heavy atom. The number of pyridine rings is 1. The molecule has 1 heterocycles. The average Bonchev–Trinajstić information content (AvgIpc) is 2.38. The van der Waals surface area contributed by atoms with Gasteiger partial charge in [-0.3, -0.25) is 4.98 Å². The van der Waals surface area contributed by atoms with Gasteiger partial charge >= 0.3 is 0 Å². The van der Waals surface area contributed by atoms with Crippen LogP contribution in [-0.2, 0) is 6.61 Å². The first-order chi connectivity index (χ1) is 8.66. The van der Waals surface area contributed by atoms with E-state index < -0.39 is 0 Å². The van der Waals surface area contributed by atoms with E-state index in [1.54, 1.807) is 6.20 Å². The summed E-state index contributed by atoms with van der Waals surface area (Å²) in [6.45, 7) is 4.54. The van der Waals surface area contributed by atoms with Crippen LogP contribution in [0.2, 0.25) is 0 Å². The second kappa shape index (κ2) is 5.65. The maximum Gasteiger partial charge on any atom is 0.122 e. The van der Waals surface area contributed by atoms with Crippen LogP contribution in [0.3, 0.4) is 0 Å². The standard InChI is InChI=1S/C15H18N2O/c1-11-8-14(12(2)16)5-6-15(11)18-10-13-4-3-7-17-9-13/h3-9,12H,10,16H2,1-2H3/t12-/m0/s1. The Kier molecular flexibility index (Phi) is 3.95. The van der Waals surface area contributed by atoms with E-state index >= 15 is 0 Å². The molecular weight excluding hydrogens is 224 g/mol. The molecule has 1 atom stereocenters. The van der Waals surface area contributed by atoms with E-state index in [1.165, 1.54) is 0 Å². The van der Waals surface area contributed by atoms with E-state index in [0.717, 1.165) is 22.4 Å². The number of aryl methyl sites for hydroxylation is 1. The Labute approximate surface area is 108 Å². The van der Waals surface area contributed by atoms with E-state index in [2.05, 4.69) is 11.1 Å². The maximum atomic E-state index is 5.85. The lowest BCUT2D eigenvalue weighted by Crippen LogP contribution is -2.05. The molecule has 0 saturated carbocycles. The van der Waals surface area contributed by atoms with Crippen LogP contribution in [0.4, 0.5) is 0 Å². The number of nitrogens with zero attached hydrogens (tertiary/aromatic N) is 1. The summed E-state index contributed by atoms with van der Waals surface area (Å²) in [5.74, 6) is 0.892. The lowest BCUT2D eigenvalue weighted by atomic mass is 10.1. The maximum absolute atomic E-state index is 5.85. The van der Waals surface area contributed by atoms with Gasteiger partial charge in [-0.05, 0) is 37.1 Å². The normalized spacial score (nSPS) is 12.2. The highest BCUT2D eigenvalue weighted by Gasteiger charge is 2.04. The van der Waals surface area contributed by atoms with Crippen molar-refractivity contribution in [1.82, 2.24) is 4.98 Å². The van der Waals surface area contributed by atoms with Crippen molar-refractivity contribution in [2.45, 2.75) is 26.5 Å². The first-order valence-corrected chi connectivity index (χ1v) is 6.04. The van der Waals surface area contributed by atoms with Gasteiger partial charge in [-0.2, -0.15) is 0 Å². The molecule has 1 aromatic carbocycles. The zero-order valence-electron chi connectivity index (χ0n) is 10.8. The molecular formula is C15H18N2O. The van der Waals surface area contributed by atoms with Crippen LogP contribution in [0.5, 0.6) is 5.75 Å². The summed E-state index contributed by atoms with van der Waals surface area (Å²) in [7, 11) is 0. The average molecular weight is 242 g/mol. The van der Waals surface area contributed by atoms with E-state index in [9.17, 15) is 0 Å². The van der Waals surface area contributed by atoms with Crippen LogP contribution in [0.25, 0.3) is 0 Å². The highest BCUT2D eigenvalue weighted by molar-refractivity contribution is 5.37. The van der Waals surface area contributed by atoms with Crippen molar-refractivity contribution in [2.75, 3.05) is 0 Å². The summed E-state index contributed by atoms with van der Waals surface area (Å²) < 4.78 is 5.78. The number of hydrogen-bond acceptors (Lipinski definition) is 3. The van der Waals surface area contributed by atoms with Gasteiger partial charge in [-0.25, -0.2) is 0 Å². The van der Waals surface area contributed by atoms with Crippen molar-refractivity contribution in [3.05, 3.63) is 59.4 Å². The minimum atomic E-state index is 0.0519. The molecule has 0 radical (unpaired) electrons. The van der Waals surface area contributed by atoms with Crippen molar-refractivity contribution in [1.29, 1.82) is 0 Å². The van der Waals surface area contributed by atoms with Crippen LogP contribution < -0.4 is 10.5 Å². The molecule has 18 heavy (non-hydrogen) atoms. The third-order valence-electron chi connectivity index (χ3n) is 2.84. The van der Waals surface area contributed by atoms with E-state index in [0.29, 0.717) is 6.61 Å². The van der Waals surface area contributed by atoms with Crippen LogP contribution >= 0.6 is 0 Å². The number of aromatic nitrogens is 1. The Morgan fingerprint density at radius 1 is 1.33 bits per heavy atom. The smallest absolute Gasteiger partial charge is 0.122 e. The first-order valence-electron chi connectivity index (χ1n) is 6.04. The molecule has 0 unspecified atom stereocenters. The largest absolute Gasteiger partial charge is 0.489 e. The zero-order chi connectivity index (χ0) is 13.0. The summed E-state index contributed by atoms with van der Waals surface area (Å²) in [6.07, 6.45) is 3.57. The molecule has 0 spiro atoms. The Hall–Kier alpha value is -1.87. The molecule has 2 N–H and O–H groups in total. The molecule has 94 valence electrons. The quantitative estimate of drug-likeness (QED) is 0.896. The number of ether oxygens (including phenoxy) is 1. The second-order valence-corrected chi connectivity index (χ2v) is 4.46. The molecule has 2 rings (SSSR count). The molecule has 0 fully saturated rings. The topological polar surface area (TPSA) is 48.1 Å². The lowest BCUT2D eigenvalue weighted by Gasteiger charge is -2.12. The summed E-state index contributed by atoms with van der Waals surface area (Å²) in [5.41, 5.74) is 9.14. The van der Waals surface area contributed by atoms with E-state index in [-0.39, 0.29) is 6.04 Å². The summed E-state index contributed by atoms with van der Waals surface area (Å²) in [6, 6.07) is 10.0. The summed E-state index contributed by atoms with van der Waals surface area (Å²) >= 11 is 0. The fraction of sp³-hybridized carbons (Fsp3) is 0.267. The van der Waals surface area contributed by atoms with Crippen molar-refractivity contribution in [2.24, 2.45) is 5.73 Å². The van der Waals surface area contributed by atoms with Gasteiger partial charge in [0.1, 0.15) is 12.4 Å². The molecule has 1 aromatic heterocycles. The Morgan fingerprint density at radius 3 is 2.78 bits per heavy atom. The molecule has 0 amide bonds. The van der Waals surface area contributed by atoms with Crippen molar-refractivity contribution in [3.8, 4) is 5.75 Å². The summed E-state index contributed by atoms with van der Waals surface area (Å²) in [4.78, 5) is 4.06. The van der Waals surface area contributed by atoms with Gasteiger partial charge in [0.15, 0.2) is 0 Å². The molecule has 3 nitrogen and oxygen atoms in total. The van der Waals surface area contributed by atoms with Gasteiger partial charge in [-0.15, -0.1) is 0 Å². The van der Waals surface area contributed by atoms with Gasteiger partial charge in [0.25, 0.3) is 0 Å².